The second-order valence-electron chi connectivity index (χ2n) is 5.09. The van der Waals surface area contributed by atoms with Crippen molar-refractivity contribution in [1.82, 2.24) is 15.5 Å². The van der Waals surface area contributed by atoms with E-state index >= 15 is 0 Å². The van der Waals surface area contributed by atoms with Gasteiger partial charge in [-0.05, 0) is 38.1 Å². The monoisotopic (exact) mass is 279 g/mol. The molecule has 1 saturated heterocycles. The first-order chi connectivity index (χ1) is 8.78. The van der Waals surface area contributed by atoms with Crippen molar-refractivity contribution in [3.8, 4) is 11.5 Å². The van der Waals surface area contributed by atoms with E-state index in [0.29, 0.717) is 5.89 Å². The summed E-state index contributed by atoms with van der Waals surface area (Å²) in [6, 6.07) is 9.91. The summed E-state index contributed by atoms with van der Waals surface area (Å²) in [4.78, 5) is 0. The van der Waals surface area contributed by atoms with Crippen molar-refractivity contribution >= 4 is 12.4 Å². The molecule has 19 heavy (non-hydrogen) atoms. The van der Waals surface area contributed by atoms with Gasteiger partial charge in [0, 0.05) is 11.0 Å². The molecule has 1 aliphatic heterocycles. The van der Waals surface area contributed by atoms with E-state index in [1.807, 2.05) is 30.3 Å². The first kappa shape index (κ1) is 14.0. The molecule has 2 aromatic rings. The maximum atomic E-state index is 5.86. The number of nitrogens with one attached hydrogen (secondary N) is 1. The minimum atomic E-state index is 0. The molecule has 1 aliphatic rings. The lowest BCUT2D eigenvalue weighted by Crippen LogP contribution is -2.37. The molecule has 5 heteroatoms. The second-order valence-corrected chi connectivity index (χ2v) is 5.09. The van der Waals surface area contributed by atoms with Crippen LogP contribution in [0.2, 0.25) is 0 Å². The predicted molar refractivity (Wildman–Crippen MR) is 76.4 cm³/mol. The number of halogens is 1. The van der Waals surface area contributed by atoms with Gasteiger partial charge in [-0.15, -0.1) is 22.6 Å². The van der Waals surface area contributed by atoms with Crippen molar-refractivity contribution in [2.45, 2.75) is 25.2 Å². The van der Waals surface area contributed by atoms with Crippen LogP contribution < -0.4 is 5.32 Å². The Kier molecular flexibility index (Phi) is 4.22. The number of nitrogens with zero attached hydrogens (tertiary/aromatic N) is 2. The predicted octanol–water partition coefficient (Wildman–Crippen LogP) is 2.80. The van der Waals surface area contributed by atoms with Gasteiger partial charge in [0.1, 0.15) is 0 Å². The molecule has 0 unspecified atom stereocenters. The topological polar surface area (TPSA) is 51.0 Å². The van der Waals surface area contributed by atoms with E-state index in [9.17, 15) is 0 Å². The fourth-order valence-corrected chi connectivity index (χ4v) is 2.36. The lowest BCUT2D eigenvalue weighted by molar-refractivity contribution is 0.271. The summed E-state index contributed by atoms with van der Waals surface area (Å²) >= 11 is 0. The van der Waals surface area contributed by atoms with Crippen molar-refractivity contribution < 1.29 is 4.42 Å². The van der Waals surface area contributed by atoms with E-state index in [0.717, 1.165) is 37.4 Å². The Hall–Kier alpha value is -1.39. The second kappa shape index (κ2) is 5.72. The molecular formula is C14H18ClN3O. The summed E-state index contributed by atoms with van der Waals surface area (Å²) in [6.45, 7) is 4.23. The molecule has 3 rings (SSSR count). The van der Waals surface area contributed by atoms with Crippen LogP contribution in [0.25, 0.3) is 11.5 Å². The molecular weight excluding hydrogens is 262 g/mol. The smallest absolute Gasteiger partial charge is 0.247 e. The van der Waals surface area contributed by atoms with Crippen LogP contribution in [0, 0.1) is 0 Å². The highest BCUT2D eigenvalue weighted by Crippen LogP contribution is 2.33. The zero-order valence-corrected chi connectivity index (χ0v) is 11.7. The van der Waals surface area contributed by atoms with Gasteiger partial charge < -0.3 is 9.73 Å². The molecule has 1 fully saturated rings. The molecule has 0 amide bonds. The van der Waals surface area contributed by atoms with E-state index < -0.39 is 0 Å². The zero-order valence-electron chi connectivity index (χ0n) is 10.9. The molecule has 0 radical (unpaired) electrons. The van der Waals surface area contributed by atoms with Crippen LogP contribution in [-0.4, -0.2) is 23.3 Å². The molecule has 0 bridgehead atoms. The molecule has 2 heterocycles. The van der Waals surface area contributed by atoms with Crippen LogP contribution in [0.3, 0.4) is 0 Å². The highest BCUT2D eigenvalue weighted by molar-refractivity contribution is 5.85. The van der Waals surface area contributed by atoms with Gasteiger partial charge >= 0.3 is 0 Å². The zero-order chi connectivity index (χ0) is 12.4. The van der Waals surface area contributed by atoms with E-state index in [1.54, 1.807) is 0 Å². The third-order valence-electron chi connectivity index (χ3n) is 3.67. The van der Waals surface area contributed by atoms with Gasteiger partial charge in [0.05, 0.1) is 0 Å². The van der Waals surface area contributed by atoms with Crippen molar-refractivity contribution in [3.63, 3.8) is 0 Å². The van der Waals surface area contributed by atoms with Gasteiger partial charge in [-0.25, -0.2) is 0 Å². The maximum Gasteiger partial charge on any atom is 0.247 e. The molecule has 4 nitrogen and oxygen atoms in total. The molecule has 0 saturated carbocycles. The first-order valence-electron chi connectivity index (χ1n) is 6.38. The Morgan fingerprint density at radius 3 is 2.47 bits per heavy atom. The summed E-state index contributed by atoms with van der Waals surface area (Å²) < 4.78 is 5.86. The number of hydrogen-bond donors (Lipinski definition) is 1. The van der Waals surface area contributed by atoms with Gasteiger partial charge in [0.15, 0.2) is 0 Å². The first-order valence-corrected chi connectivity index (χ1v) is 6.38. The van der Waals surface area contributed by atoms with Crippen molar-refractivity contribution in [3.05, 3.63) is 36.2 Å². The normalized spacial score (nSPS) is 17.7. The van der Waals surface area contributed by atoms with E-state index in [2.05, 4.69) is 22.4 Å². The third kappa shape index (κ3) is 2.80. The Balaban J connectivity index is 0.00000133. The van der Waals surface area contributed by atoms with Gasteiger partial charge in [-0.1, -0.05) is 25.1 Å². The number of rotatable bonds is 2. The van der Waals surface area contributed by atoms with Gasteiger partial charge in [-0.3, -0.25) is 0 Å². The molecule has 1 N–H and O–H groups in total. The van der Waals surface area contributed by atoms with Crippen molar-refractivity contribution in [2.75, 3.05) is 13.1 Å². The summed E-state index contributed by atoms with van der Waals surface area (Å²) in [6.07, 6.45) is 2.09. The molecule has 0 spiro atoms. The average molecular weight is 280 g/mol. The van der Waals surface area contributed by atoms with Crippen LogP contribution in [0.5, 0.6) is 0 Å². The van der Waals surface area contributed by atoms with Crippen molar-refractivity contribution in [2.24, 2.45) is 0 Å². The fraction of sp³-hybridized carbons (Fsp3) is 0.429. The molecule has 0 atom stereocenters. The van der Waals surface area contributed by atoms with Crippen LogP contribution in [0.4, 0.5) is 0 Å². The summed E-state index contributed by atoms with van der Waals surface area (Å²) in [5.74, 6) is 1.38. The standard InChI is InChI=1S/C14H17N3O.ClH/c1-14(7-9-15-10-8-14)13-17-16-12(18-13)11-5-3-2-4-6-11;/h2-6,15H,7-10H2,1H3;1H. The molecule has 1 aromatic carbocycles. The minimum absolute atomic E-state index is 0. The van der Waals surface area contributed by atoms with E-state index in [-0.39, 0.29) is 17.8 Å². The molecule has 0 aliphatic carbocycles. The summed E-state index contributed by atoms with van der Waals surface area (Å²) in [5, 5.41) is 11.8. The van der Waals surface area contributed by atoms with Crippen molar-refractivity contribution in [1.29, 1.82) is 0 Å². The van der Waals surface area contributed by atoms with Crippen LogP contribution >= 0.6 is 12.4 Å². The Labute approximate surface area is 119 Å². The number of hydrogen-bond acceptors (Lipinski definition) is 4. The Bertz CT molecular complexity index is 520. The van der Waals surface area contributed by atoms with E-state index in [4.69, 9.17) is 4.42 Å². The van der Waals surface area contributed by atoms with Gasteiger partial charge in [0.25, 0.3) is 0 Å². The highest BCUT2D eigenvalue weighted by atomic mass is 35.5. The van der Waals surface area contributed by atoms with Crippen LogP contribution in [-0.2, 0) is 5.41 Å². The summed E-state index contributed by atoms with van der Waals surface area (Å²) in [7, 11) is 0. The lowest BCUT2D eigenvalue weighted by Gasteiger charge is -2.30. The maximum absolute atomic E-state index is 5.86. The summed E-state index contributed by atoms with van der Waals surface area (Å²) in [5.41, 5.74) is 0.999. The van der Waals surface area contributed by atoms with Gasteiger partial charge in [-0.2, -0.15) is 0 Å². The van der Waals surface area contributed by atoms with E-state index in [1.165, 1.54) is 0 Å². The SMILES string of the molecule is CC1(c2nnc(-c3ccccc3)o2)CCNCC1.Cl. The third-order valence-corrected chi connectivity index (χ3v) is 3.67. The quantitative estimate of drug-likeness (QED) is 0.918. The minimum Gasteiger partial charge on any atom is -0.420 e. The molecule has 102 valence electrons. The average Bonchev–Trinajstić information content (AvgIpc) is 2.91. The number of benzene rings is 1. The largest absolute Gasteiger partial charge is 0.420 e. The fourth-order valence-electron chi connectivity index (χ4n) is 2.36. The number of piperidine rings is 1. The Morgan fingerprint density at radius 2 is 1.79 bits per heavy atom. The highest BCUT2D eigenvalue weighted by Gasteiger charge is 2.34. The van der Waals surface area contributed by atoms with Crippen LogP contribution in [0.15, 0.2) is 34.7 Å². The molecule has 1 aromatic heterocycles. The lowest BCUT2D eigenvalue weighted by atomic mass is 9.81. The van der Waals surface area contributed by atoms with Gasteiger partial charge in [0.2, 0.25) is 11.8 Å². The Morgan fingerprint density at radius 1 is 1.11 bits per heavy atom. The number of aromatic nitrogens is 2. The van der Waals surface area contributed by atoms with Crippen LogP contribution in [0.1, 0.15) is 25.7 Å².